The Hall–Kier alpha value is -3.62. The summed E-state index contributed by atoms with van der Waals surface area (Å²) in [6.07, 6.45) is -1.31. The van der Waals surface area contributed by atoms with Crippen LogP contribution in [0.2, 0.25) is 0 Å². The highest BCUT2D eigenvalue weighted by atomic mass is 16.8. The van der Waals surface area contributed by atoms with E-state index >= 15 is 0 Å². The summed E-state index contributed by atoms with van der Waals surface area (Å²) < 4.78 is 31.5. The molecule has 4 atom stereocenters. The van der Waals surface area contributed by atoms with Gasteiger partial charge in [0.25, 0.3) is 0 Å². The molecular weight excluding hydrogens is 452 g/mol. The zero-order chi connectivity index (χ0) is 26.2. The van der Waals surface area contributed by atoms with Crippen molar-refractivity contribution >= 4 is 11.9 Å². The number of ether oxygens (including phenoxy) is 6. The summed E-state index contributed by atoms with van der Waals surface area (Å²) in [5, 5.41) is 0. The largest absolute Gasteiger partial charge is 0.465 e. The van der Waals surface area contributed by atoms with Gasteiger partial charge in [-0.3, -0.25) is 0 Å². The van der Waals surface area contributed by atoms with Gasteiger partial charge in [0.2, 0.25) is 25.2 Å². The van der Waals surface area contributed by atoms with E-state index in [9.17, 15) is 9.59 Å². The van der Waals surface area contributed by atoms with Gasteiger partial charge in [0.05, 0.1) is 0 Å². The quantitative estimate of drug-likeness (QED) is 0.224. The predicted octanol–water partition coefficient (Wildman–Crippen LogP) is 5.40. The van der Waals surface area contributed by atoms with Crippen LogP contribution in [0.4, 0.5) is 0 Å². The van der Waals surface area contributed by atoms with Gasteiger partial charge in [0, 0.05) is 11.6 Å². The number of rotatable bonds is 12. The fourth-order valence-electron chi connectivity index (χ4n) is 2.50. The molecule has 8 nitrogen and oxygen atoms in total. The van der Waals surface area contributed by atoms with Crippen LogP contribution < -0.4 is 9.47 Å². The first-order valence-corrected chi connectivity index (χ1v) is 11.0. The smallest absolute Gasteiger partial charge is 0.335 e. The fraction of sp³-hybridized carbons (Fsp3) is 0.333. The third-order valence-electron chi connectivity index (χ3n) is 3.93. The number of carbonyl (C=O) groups is 2. The highest BCUT2D eigenvalue weighted by Crippen LogP contribution is 2.14. The van der Waals surface area contributed by atoms with Crippen LogP contribution in [0, 0.1) is 0 Å². The van der Waals surface area contributed by atoms with Crippen LogP contribution in [0.3, 0.4) is 0 Å². The average molecular weight is 487 g/mol. The molecule has 0 spiro atoms. The summed E-state index contributed by atoms with van der Waals surface area (Å²) in [5.41, 5.74) is 0.335. The highest BCUT2D eigenvalue weighted by Gasteiger charge is 2.15. The van der Waals surface area contributed by atoms with Crippen molar-refractivity contribution in [2.45, 2.75) is 59.8 Å². The van der Waals surface area contributed by atoms with Gasteiger partial charge in [-0.05, 0) is 58.9 Å². The number of esters is 2. The number of benzene rings is 2. The molecule has 0 aliphatic carbocycles. The Bertz CT molecular complexity index is 913. The summed E-state index contributed by atoms with van der Waals surface area (Å²) in [5.74, 6) is 0.393. The number of hydrogen-bond acceptors (Lipinski definition) is 8. The third kappa shape index (κ3) is 13.6. The molecule has 0 heterocycles. The van der Waals surface area contributed by atoms with Gasteiger partial charge in [-0.25, -0.2) is 9.59 Å². The minimum absolute atomic E-state index is 0.335. The molecular formula is C27H34O8. The lowest BCUT2D eigenvalue weighted by Crippen LogP contribution is -2.26. The van der Waals surface area contributed by atoms with Crippen LogP contribution in [0.1, 0.15) is 34.6 Å². The fourth-order valence-corrected chi connectivity index (χ4v) is 2.50. The Morgan fingerprint density at radius 3 is 1.49 bits per heavy atom. The van der Waals surface area contributed by atoms with Gasteiger partial charge >= 0.3 is 11.9 Å². The van der Waals surface area contributed by atoms with Crippen molar-refractivity contribution in [1.82, 2.24) is 0 Å². The minimum atomic E-state index is -0.687. The Kier molecular flexibility index (Phi) is 13.5. The van der Waals surface area contributed by atoms with E-state index in [0.717, 1.165) is 6.08 Å². The second kappa shape index (κ2) is 16.1. The molecule has 0 amide bonds. The number of carbonyl (C=O) groups excluding carboxylic acids is 2. The Balaban J connectivity index is 0.000000351. The van der Waals surface area contributed by atoms with Gasteiger partial charge < -0.3 is 28.4 Å². The zero-order valence-electron chi connectivity index (χ0n) is 20.8. The Morgan fingerprint density at radius 2 is 1.11 bits per heavy atom. The van der Waals surface area contributed by atoms with E-state index in [2.05, 4.69) is 13.2 Å². The van der Waals surface area contributed by atoms with Crippen molar-refractivity contribution in [2.24, 2.45) is 0 Å². The van der Waals surface area contributed by atoms with Gasteiger partial charge in [0.15, 0.2) is 0 Å². The van der Waals surface area contributed by atoms with E-state index < -0.39 is 37.1 Å². The van der Waals surface area contributed by atoms with Gasteiger partial charge in [0.1, 0.15) is 11.5 Å². The minimum Gasteiger partial charge on any atom is -0.465 e. The molecule has 0 fully saturated rings. The van der Waals surface area contributed by atoms with E-state index in [4.69, 9.17) is 28.4 Å². The molecule has 2 rings (SSSR count). The van der Waals surface area contributed by atoms with Gasteiger partial charge in [-0.15, -0.1) is 0 Å². The van der Waals surface area contributed by atoms with Crippen LogP contribution in [-0.2, 0) is 28.5 Å². The first kappa shape index (κ1) is 29.4. The molecule has 0 aliphatic rings. The molecule has 0 saturated carbocycles. The standard InChI is InChI=1S/C14H18O4.C13H16O4/c1-10(2)14(15)18-12(4)16-11(3)17-13-8-6-5-7-9-13;1-4-13(14)17-11(3)15-10(2)16-12-8-6-5-7-9-12/h5-9,11-12H,1H2,2-4H3;4-11H,1H2,2-3H3. The van der Waals surface area contributed by atoms with Crippen LogP contribution in [0.25, 0.3) is 0 Å². The maximum absolute atomic E-state index is 11.3. The molecule has 0 radical (unpaired) electrons. The van der Waals surface area contributed by atoms with Crippen molar-refractivity contribution in [3.8, 4) is 11.5 Å². The van der Waals surface area contributed by atoms with Gasteiger partial charge in [-0.2, -0.15) is 0 Å². The van der Waals surface area contributed by atoms with Crippen molar-refractivity contribution in [1.29, 1.82) is 0 Å². The van der Waals surface area contributed by atoms with Crippen molar-refractivity contribution in [3.63, 3.8) is 0 Å². The van der Waals surface area contributed by atoms with Crippen molar-refractivity contribution < 1.29 is 38.0 Å². The number of hydrogen-bond donors (Lipinski definition) is 0. The van der Waals surface area contributed by atoms with Crippen molar-refractivity contribution in [3.05, 3.63) is 85.5 Å². The Labute approximate surface area is 207 Å². The summed E-state index contributed by atoms with van der Waals surface area (Å²) in [6, 6.07) is 18.5. The molecule has 35 heavy (non-hydrogen) atoms. The maximum Gasteiger partial charge on any atom is 0.335 e. The van der Waals surface area contributed by atoms with Gasteiger partial charge in [-0.1, -0.05) is 49.6 Å². The zero-order valence-corrected chi connectivity index (χ0v) is 20.8. The second-order valence-corrected chi connectivity index (χ2v) is 7.23. The lowest BCUT2D eigenvalue weighted by atomic mass is 10.3. The van der Waals surface area contributed by atoms with Crippen LogP contribution in [0.5, 0.6) is 11.5 Å². The maximum atomic E-state index is 11.3. The molecule has 0 bridgehead atoms. The monoisotopic (exact) mass is 486 g/mol. The summed E-state index contributed by atoms with van der Waals surface area (Å²) in [4.78, 5) is 22.2. The van der Waals surface area contributed by atoms with Crippen LogP contribution in [-0.4, -0.2) is 37.1 Å². The lowest BCUT2D eigenvalue weighted by Gasteiger charge is -2.20. The summed E-state index contributed by atoms with van der Waals surface area (Å²) in [6.45, 7) is 15.1. The average Bonchev–Trinajstić information content (AvgIpc) is 2.80. The summed E-state index contributed by atoms with van der Waals surface area (Å²) in [7, 11) is 0. The van der Waals surface area contributed by atoms with E-state index in [-0.39, 0.29) is 0 Å². The molecule has 0 aromatic heterocycles. The highest BCUT2D eigenvalue weighted by molar-refractivity contribution is 5.87. The predicted molar refractivity (Wildman–Crippen MR) is 131 cm³/mol. The lowest BCUT2D eigenvalue weighted by molar-refractivity contribution is -0.206. The van der Waals surface area contributed by atoms with Crippen molar-refractivity contribution in [2.75, 3.05) is 0 Å². The first-order chi connectivity index (χ1) is 16.6. The Morgan fingerprint density at radius 1 is 0.714 bits per heavy atom. The van der Waals surface area contributed by atoms with E-state index in [1.165, 1.54) is 0 Å². The molecule has 2 aromatic carbocycles. The molecule has 4 unspecified atom stereocenters. The molecule has 0 N–H and O–H groups in total. The van der Waals surface area contributed by atoms with Crippen LogP contribution in [0.15, 0.2) is 85.5 Å². The van der Waals surface area contributed by atoms with E-state index in [1.807, 2.05) is 60.7 Å². The SMILES string of the molecule is C=C(C)C(=O)OC(C)OC(C)Oc1ccccc1.C=CC(=O)OC(C)OC(C)Oc1ccccc1. The molecule has 0 saturated heterocycles. The molecule has 2 aromatic rings. The summed E-state index contributed by atoms with van der Waals surface area (Å²) >= 11 is 0. The topological polar surface area (TPSA) is 89.5 Å². The molecule has 190 valence electrons. The normalized spacial score (nSPS) is 13.5. The third-order valence-corrected chi connectivity index (χ3v) is 3.93. The molecule has 0 aliphatic heterocycles. The first-order valence-electron chi connectivity index (χ1n) is 11.0. The number of para-hydroxylation sites is 2. The van der Waals surface area contributed by atoms with E-state index in [0.29, 0.717) is 17.1 Å². The van der Waals surface area contributed by atoms with E-state index in [1.54, 1.807) is 34.6 Å². The second-order valence-electron chi connectivity index (χ2n) is 7.23. The molecule has 8 heteroatoms. The van der Waals surface area contributed by atoms with Crippen LogP contribution >= 0.6 is 0 Å².